The molecule has 0 spiro atoms. The lowest BCUT2D eigenvalue weighted by molar-refractivity contribution is -0.141. The third kappa shape index (κ3) is 3.60. The van der Waals surface area contributed by atoms with Gasteiger partial charge in [-0.25, -0.2) is 9.97 Å². The first kappa shape index (κ1) is 15.5. The van der Waals surface area contributed by atoms with Gasteiger partial charge in [0.25, 0.3) is 0 Å². The summed E-state index contributed by atoms with van der Waals surface area (Å²) in [6.07, 6.45) is -4.46. The number of alkyl halides is 3. The largest absolute Gasteiger partial charge is 0.433 e. The third-order valence-electron chi connectivity index (χ3n) is 3.15. The van der Waals surface area contributed by atoms with Crippen molar-refractivity contribution in [1.29, 1.82) is 0 Å². The highest BCUT2D eigenvalue weighted by Crippen LogP contribution is 2.30. The predicted octanol–water partition coefficient (Wildman–Crippen LogP) is 4.77. The fourth-order valence-corrected chi connectivity index (χ4v) is 1.96. The van der Waals surface area contributed by atoms with Gasteiger partial charge in [0.15, 0.2) is 5.82 Å². The summed E-state index contributed by atoms with van der Waals surface area (Å²) in [5, 5.41) is 0. The molecule has 21 heavy (non-hydrogen) atoms. The van der Waals surface area contributed by atoms with Crippen molar-refractivity contribution in [1.82, 2.24) is 9.97 Å². The first-order chi connectivity index (χ1) is 9.57. The Morgan fingerprint density at radius 1 is 0.905 bits per heavy atom. The molecule has 1 aromatic carbocycles. The van der Waals surface area contributed by atoms with Crippen molar-refractivity contribution in [3.63, 3.8) is 0 Å². The van der Waals surface area contributed by atoms with Crippen LogP contribution in [0.5, 0.6) is 0 Å². The van der Waals surface area contributed by atoms with Crippen LogP contribution in [0.15, 0.2) is 30.3 Å². The summed E-state index contributed by atoms with van der Waals surface area (Å²) in [5.74, 6) is 0.0998. The molecular weight excluding hydrogens is 277 g/mol. The molecule has 0 amide bonds. The van der Waals surface area contributed by atoms with E-state index in [-0.39, 0.29) is 11.2 Å². The van der Waals surface area contributed by atoms with Gasteiger partial charge in [0.2, 0.25) is 0 Å². The Morgan fingerprint density at radius 3 is 1.95 bits per heavy atom. The Hall–Kier alpha value is -1.91. The van der Waals surface area contributed by atoms with Crippen molar-refractivity contribution in [2.24, 2.45) is 0 Å². The van der Waals surface area contributed by atoms with E-state index in [1.807, 2.05) is 12.1 Å². The number of aryl methyl sites for hydroxylation is 1. The predicted molar refractivity (Wildman–Crippen MR) is 75.9 cm³/mol. The van der Waals surface area contributed by atoms with Crippen molar-refractivity contribution in [3.05, 3.63) is 47.3 Å². The smallest absolute Gasteiger partial charge is 0.233 e. The van der Waals surface area contributed by atoms with Crippen LogP contribution >= 0.6 is 0 Å². The van der Waals surface area contributed by atoms with E-state index < -0.39 is 11.9 Å². The Balaban J connectivity index is 2.45. The van der Waals surface area contributed by atoms with E-state index in [1.54, 1.807) is 12.1 Å². The van der Waals surface area contributed by atoms with Gasteiger partial charge in [0.05, 0.1) is 0 Å². The molecule has 0 bridgehead atoms. The summed E-state index contributed by atoms with van der Waals surface area (Å²) in [6.45, 7) is 7.76. The van der Waals surface area contributed by atoms with Crippen LogP contribution in [0.3, 0.4) is 0 Å². The SMILES string of the molecule is Cc1cc(C(F)(F)F)nc(-c2ccc(C(C)(C)C)cc2)n1. The number of nitrogens with zero attached hydrogens (tertiary/aromatic N) is 2. The number of hydrogen-bond donors (Lipinski definition) is 0. The summed E-state index contributed by atoms with van der Waals surface area (Å²) in [7, 11) is 0. The third-order valence-corrected chi connectivity index (χ3v) is 3.15. The molecule has 1 heterocycles. The molecule has 0 atom stereocenters. The standard InChI is InChI=1S/C16H17F3N2/c1-10-9-13(16(17,18)19)21-14(20-10)11-5-7-12(8-6-11)15(2,3)4/h5-9H,1-4H3. The highest BCUT2D eigenvalue weighted by Gasteiger charge is 2.33. The van der Waals surface area contributed by atoms with Gasteiger partial charge in [0, 0.05) is 11.3 Å². The first-order valence-corrected chi connectivity index (χ1v) is 6.61. The summed E-state index contributed by atoms with van der Waals surface area (Å²) < 4.78 is 38.4. The molecule has 0 saturated carbocycles. The molecule has 0 fully saturated rings. The number of halogens is 3. The van der Waals surface area contributed by atoms with Crippen molar-refractivity contribution in [2.45, 2.75) is 39.3 Å². The maximum atomic E-state index is 12.8. The summed E-state index contributed by atoms with van der Waals surface area (Å²) in [5.41, 5.74) is 1.06. The first-order valence-electron chi connectivity index (χ1n) is 6.61. The maximum absolute atomic E-state index is 12.8. The molecule has 1 aromatic heterocycles. The second-order valence-corrected chi connectivity index (χ2v) is 6.04. The van der Waals surface area contributed by atoms with Crippen molar-refractivity contribution in [2.75, 3.05) is 0 Å². The van der Waals surface area contributed by atoms with Gasteiger partial charge >= 0.3 is 6.18 Å². The van der Waals surface area contributed by atoms with Crippen LogP contribution in [0.1, 0.15) is 37.7 Å². The highest BCUT2D eigenvalue weighted by molar-refractivity contribution is 5.56. The van der Waals surface area contributed by atoms with E-state index in [4.69, 9.17) is 0 Å². The van der Waals surface area contributed by atoms with E-state index in [0.717, 1.165) is 11.6 Å². The number of benzene rings is 1. The van der Waals surface area contributed by atoms with Gasteiger partial charge in [-0.05, 0) is 24.0 Å². The second-order valence-electron chi connectivity index (χ2n) is 6.04. The lowest BCUT2D eigenvalue weighted by Crippen LogP contribution is -2.11. The molecule has 0 aliphatic heterocycles. The topological polar surface area (TPSA) is 25.8 Å². The molecular formula is C16H17F3N2. The fraction of sp³-hybridized carbons (Fsp3) is 0.375. The summed E-state index contributed by atoms with van der Waals surface area (Å²) in [6, 6.07) is 8.26. The van der Waals surface area contributed by atoms with E-state index in [0.29, 0.717) is 11.3 Å². The molecule has 2 nitrogen and oxygen atoms in total. The van der Waals surface area contributed by atoms with Crippen LogP contribution < -0.4 is 0 Å². The normalized spacial score (nSPS) is 12.5. The lowest BCUT2D eigenvalue weighted by atomic mass is 9.87. The van der Waals surface area contributed by atoms with Crippen LogP contribution in [-0.4, -0.2) is 9.97 Å². The van der Waals surface area contributed by atoms with Crippen LogP contribution in [0, 0.1) is 6.92 Å². The zero-order valence-corrected chi connectivity index (χ0v) is 12.4. The quantitative estimate of drug-likeness (QED) is 0.757. The van der Waals surface area contributed by atoms with Gasteiger partial charge in [-0.3, -0.25) is 0 Å². The summed E-state index contributed by atoms with van der Waals surface area (Å²) >= 11 is 0. The van der Waals surface area contributed by atoms with Crippen molar-refractivity contribution in [3.8, 4) is 11.4 Å². The van der Waals surface area contributed by atoms with Gasteiger partial charge in [-0.1, -0.05) is 45.0 Å². The number of hydrogen-bond acceptors (Lipinski definition) is 2. The number of rotatable bonds is 1. The molecule has 0 aliphatic carbocycles. The zero-order valence-electron chi connectivity index (χ0n) is 12.4. The van der Waals surface area contributed by atoms with Gasteiger partial charge in [-0.15, -0.1) is 0 Å². The molecule has 0 unspecified atom stereocenters. The Bertz CT molecular complexity index is 638. The van der Waals surface area contributed by atoms with E-state index in [9.17, 15) is 13.2 Å². The van der Waals surface area contributed by atoms with Gasteiger partial charge in [0.1, 0.15) is 5.69 Å². The molecule has 2 aromatic rings. The Kier molecular flexibility index (Phi) is 3.78. The monoisotopic (exact) mass is 294 g/mol. The molecule has 0 N–H and O–H groups in total. The second kappa shape index (κ2) is 5.13. The molecule has 0 saturated heterocycles. The molecule has 112 valence electrons. The minimum absolute atomic E-state index is 0.0108. The highest BCUT2D eigenvalue weighted by atomic mass is 19.4. The zero-order chi connectivity index (χ0) is 15.8. The van der Waals surface area contributed by atoms with Gasteiger partial charge in [-0.2, -0.15) is 13.2 Å². The molecule has 5 heteroatoms. The Morgan fingerprint density at radius 2 is 1.48 bits per heavy atom. The van der Waals surface area contributed by atoms with Crippen LogP contribution in [0.2, 0.25) is 0 Å². The Labute approximate surface area is 122 Å². The van der Waals surface area contributed by atoms with Crippen LogP contribution in [0.25, 0.3) is 11.4 Å². The van der Waals surface area contributed by atoms with E-state index >= 15 is 0 Å². The van der Waals surface area contributed by atoms with Crippen molar-refractivity contribution >= 4 is 0 Å². The van der Waals surface area contributed by atoms with Crippen LogP contribution in [0.4, 0.5) is 13.2 Å². The average molecular weight is 294 g/mol. The van der Waals surface area contributed by atoms with E-state index in [2.05, 4.69) is 30.7 Å². The van der Waals surface area contributed by atoms with Gasteiger partial charge < -0.3 is 0 Å². The minimum atomic E-state index is -4.46. The summed E-state index contributed by atoms with van der Waals surface area (Å²) in [4.78, 5) is 7.73. The maximum Gasteiger partial charge on any atom is 0.433 e. The van der Waals surface area contributed by atoms with Crippen molar-refractivity contribution < 1.29 is 13.2 Å². The number of aromatic nitrogens is 2. The minimum Gasteiger partial charge on any atom is -0.233 e. The lowest BCUT2D eigenvalue weighted by Gasteiger charge is -2.19. The molecule has 2 rings (SSSR count). The average Bonchev–Trinajstić information content (AvgIpc) is 2.36. The fourth-order valence-electron chi connectivity index (χ4n) is 1.96. The van der Waals surface area contributed by atoms with Crippen LogP contribution in [-0.2, 0) is 11.6 Å². The molecule has 0 aliphatic rings. The van der Waals surface area contributed by atoms with E-state index in [1.165, 1.54) is 6.92 Å². The molecule has 0 radical (unpaired) electrons.